The zero-order valence-electron chi connectivity index (χ0n) is 9.10. The number of halogens is 3. The molecule has 0 atom stereocenters. The Kier molecular flexibility index (Phi) is 2.91. The molecule has 0 radical (unpaired) electrons. The van der Waals surface area contributed by atoms with E-state index in [9.17, 15) is 13.2 Å². The Hall–Kier alpha value is -1.79. The Morgan fingerprint density at radius 1 is 1.29 bits per heavy atom. The first-order chi connectivity index (χ1) is 7.98. The van der Waals surface area contributed by atoms with E-state index in [0.29, 0.717) is 22.8 Å². The second-order valence-corrected chi connectivity index (χ2v) is 3.62. The van der Waals surface area contributed by atoms with Gasteiger partial charge in [0.1, 0.15) is 11.6 Å². The largest absolute Gasteiger partial charge is 0.389 e. The molecule has 0 aliphatic rings. The third-order valence-corrected chi connectivity index (χ3v) is 2.30. The number of alkyl halides is 3. The number of pyridine rings is 1. The van der Waals surface area contributed by atoms with Crippen molar-refractivity contribution in [1.29, 1.82) is 0 Å². The van der Waals surface area contributed by atoms with E-state index in [1.54, 1.807) is 19.2 Å². The molecule has 0 spiro atoms. The van der Waals surface area contributed by atoms with Crippen LogP contribution >= 0.6 is 0 Å². The van der Waals surface area contributed by atoms with Gasteiger partial charge in [-0.25, -0.2) is 9.97 Å². The maximum atomic E-state index is 12.0. The summed E-state index contributed by atoms with van der Waals surface area (Å²) in [6.45, 7) is 0. The average molecular weight is 244 g/mol. The fourth-order valence-corrected chi connectivity index (χ4v) is 1.46. The van der Waals surface area contributed by atoms with Crippen molar-refractivity contribution in [3.8, 4) is 0 Å². The highest BCUT2D eigenvalue weighted by atomic mass is 19.4. The van der Waals surface area contributed by atoms with Crippen molar-refractivity contribution in [3.63, 3.8) is 0 Å². The van der Waals surface area contributed by atoms with Crippen LogP contribution in [0.15, 0.2) is 12.1 Å². The SMILES string of the molecule is CNc1ccc2[nH]c(CCC(F)(F)F)nc2n1. The maximum Gasteiger partial charge on any atom is 0.389 e. The van der Waals surface area contributed by atoms with Crippen molar-refractivity contribution < 1.29 is 13.2 Å². The van der Waals surface area contributed by atoms with Gasteiger partial charge in [0, 0.05) is 13.5 Å². The molecule has 2 rings (SSSR count). The van der Waals surface area contributed by atoms with Crippen LogP contribution in [0.4, 0.5) is 19.0 Å². The number of rotatable bonds is 3. The lowest BCUT2D eigenvalue weighted by atomic mass is 10.3. The molecule has 0 fully saturated rings. The normalized spacial score (nSPS) is 12.0. The van der Waals surface area contributed by atoms with Gasteiger partial charge in [0.05, 0.1) is 11.9 Å². The molecule has 92 valence electrons. The molecule has 2 N–H and O–H groups in total. The number of hydrogen-bond acceptors (Lipinski definition) is 3. The molecule has 0 saturated carbocycles. The summed E-state index contributed by atoms with van der Waals surface area (Å²) in [6.07, 6.45) is -5.21. The molecule has 0 aromatic carbocycles. The molecule has 0 aliphatic carbocycles. The van der Waals surface area contributed by atoms with Crippen LogP contribution in [-0.2, 0) is 6.42 Å². The van der Waals surface area contributed by atoms with E-state index in [1.807, 2.05) is 0 Å². The quantitative estimate of drug-likeness (QED) is 0.872. The fourth-order valence-electron chi connectivity index (χ4n) is 1.46. The summed E-state index contributed by atoms with van der Waals surface area (Å²) in [4.78, 5) is 11.0. The molecule has 2 aromatic rings. The van der Waals surface area contributed by atoms with Gasteiger partial charge in [0.25, 0.3) is 0 Å². The predicted octanol–water partition coefficient (Wildman–Crippen LogP) is 2.49. The number of nitrogens with zero attached hydrogens (tertiary/aromatic N) is 2. The van der Waals surface area contributed by atoms with Crippen LogP contribution in [-0.4, -0.2) is 28.2 Å². The third kappa shape index (κ3) is 2.86. The Balaban J connectivity index is 2.20. The van der Waals surface area contributed by atoms with E-state index in [0.717, 1.165) is 0 Å². The zero-order valence-corrected chi connectivity index (χ0v) is 9.10. The lowest BCUT2D eigenvalue weighted by Gasteiger charge is -2.02. The van der Waals surface area contributed by atoms with Gasteiger partial charge in [-0.05, 0) is 12.1 Å². The number of fused-ring (bicyclic) bond motifs is 1. The van der Waals surface area contributed by atoms with Crippen LogP contribution in [0.25, 0.3) is 11.2 Å². The van der Waals surface area contributed by atoms with E-state index in [-0.39, 0.29) is 6.42 Å². The Bertz CT molecular complexity index is 518. The summed E-state index contributed by atoms with van der Waals surface area (Å²) in [5.74, 6) is 0.935. The molecule has 17 heavy (non-hydrogen) atoms. The molecule has 7 heteroatoms. The zero-order chi connectivity index (χ0) is 12.5. The van der Waals surface area contributed by atoms with Crippen molar-refractivity contribution in [2.75, 3.05) is 12.4 Å². The summed E-state index contributed by atoms with van der Waals surface area (Å²) in [5.41, 5.74) is 1.06. The first kappa shape index (κ1) is 11.7. The van der Waals surface area contributed by atoms with Gasteiger partial charge in [-0.1, -0.05) is 0 Å². The van der Waals surface area contributed by atoms with E-state index >= 15 is 0 Å². The first-order valence-corrected chi connectivity index (χ1v) is 5.08. The average Bonchev–Trinajstić information content (AvgIpc) is 2.66. The van der Waals surface area contributed by atoms with Gasteiger partial charge in [-0.15, -0.1) is 0 Å². The van der Waals surface area contributed by atoms with Crippen LogP contribution in [0, 0.1) is 0 Å². The smallest absolute Gasteiger partial charge is 0.373 e. The molecule has 2 heterocycles. The minimum atomic E-state index is -4.16. The number of H-pyrrole nitrogens is 1. The standard InChI is InChI=1S/C10H11F3N4/c1-14-7-3-2-6-9(16-7)17-8(15-6)4-5-10(11,12)13/h2-3H,4-5H2,1H3,(H2,14,15,16,17). The number of aryl methyl sites for hydroxylation is 1. The minimum absolute atomic E-state index is 0.158. The summed E-state index contributed by atoms with van der Waals surface area (Å²) in [5, 5.41) is 2.84. The van der Waals surface area contributed by atoms with Crippen LogP contribution < -0.4 is 5.32 Å². The highest BCUT2D eigenvalue weighted by Crippen LogP contribution is 2.22. The second kappa shape index (κ2) is 4.23. The lowest BCUT2D eigenvalue weighted by molar-refractivity contribution is -0.134. The van der Waals surface area contributed by atoms with Gasteiger partial charge >= 0.3 is 6.18 Å². The molecule has 0 aliphatic heterocycles. The molecular weight excluding hydrogens is 233 g/mol. The van der Waals surface area contributed by atoms with E-state index < -0.39 is 12.6 Å². The van der Waals surface area contributed by atoms with Crippen molar-refractivity contribution in [3.05, 3.63) is 18.0 Å². The molecule has 0 amide bonds. The van der Waals surface area contributed by atoms with Gasteiger partial charge in [0.15, 0.2) is 5.65 Å². The van der Waals surface area contributed by atoms with Crippen molar-refractivity contribution in [1.82, 2.24) is 15.0 Å². The van der Waals surface area contributed by atoms with E-state index in [4.69, 9.17) is 0 Å². The number of aromatic nitrogens is 3. The van der Waals surface area contributed by atoms with Gasteiger partial charge in [-0.2, -0.15) is 13.2 Å². The Morgan fingerprint density at radius 3 is 2.71 bits per heavy atom. The van der Waals surface area contributed by atoms with Gasteiger partial charge < -0.3 is 10.3 Å². The van der Waals surface area contributed by atoms with Crippen LogP contribution in [0.5, 0.6) is 0 Å². The Morgan fingerprint density at radius 2 is 2.06 bits per heavy atom. The molecule has 2 aromatic heterocycles. The van der Waals surface area contributed by atoms with Crippen molar-refractivity contribution in [2.24, 2.45) is 0 Å². The maximum absolute atomic E-state index is 12.0. The predicted molar refractivity (Wildman–Crippen MR) is 57.8 cm³/mol. The van der Waals surface area contributed by atoms with Crippen LogP contribution in [0.3, 0.4) is 0 Å². The molecule has 0 unspecified atom stereocenters. The van der Waals surface area contributed by atoms with Gasteiger partial charge in [0.2, 0.25) is 0 Å². The number of imidazole rings is 1. The van der Waals surface area contributed by atoms with Crippen LogP contribution in [0.2, 0.25) is 0 Å². The van der Waals surface area contributed by atoms with E-state index in [2.05, 4.69) is 20.3 Å². The van der Waals surface area contributed by atoms with E-state index in [1.165, 1.54) is 0 Å². The number of aromatic amines is 1. The monoisotopic (exact) mass is 244 g/mol. The van der Waals surface area contributed by atoms with Gasteiger partial charge in [-0.3, -0.25) is 0 Å². The molecular formula is C10H11F3N4. The second-order valence-electron chi connectivity index (χ2n) is 3.62. The fraction of sp³-hybridized carbons (Fsp3) is 0.400. The van der Waals surface area contributed by atoms with Crippen molar-refractivity contribution in [2.45, 2.75) is 19.0 Å². The molecule has 0 saturated heterocycles. The number of nitrogens with one attached hydrogen (secondary N) is 2. The first-order valence-electron chi connectivity index (χ1n) is 5.08. The lowest BCUT2D eigenvalue weighted by Crippen LogP contribution is -2.09. The van der Waals surface area contributed by atoms with Crippen molar-refractivity contribution >= 4 is 17.0 Å². The number of anilines is 1. The van der Waals surface area contributed by atoms with Crippen LogP contribution in [0.1, 0.15) is 12.2 Å². The summed E-state index contributed by atoms with van der Waals surface area (Å²) < 4.78 is 36.1. The molecule has 4 nitrogen and oxygen atoms in total. The topological polar surface area (TPSA) is 53.6 Å². The molecule has 0 bridgehead atoms. The summed E-state index contributed by atoms with van der Waals surface area (Å²) in [6, 6.07) is 3.46. The Labute approximate surface area is 95.3 Å². The minimum Gasteiger partial charge on any atom is -0.373 e. The number of hydrogen-bond donors (Lipinski definition) is 2. The summed E-state index contributed by atoms with van der Waals surface area (Å²) in [7, 11) is 1.71. The highest BCUT2D eigenvalue weighted by Gasteiger charge is 2.27. The summed E-state index contributed by atoms with van der Waals surface area (Å²) >= 11 is 0. The third-order valence-electron chi connectivity index (χ3n) is 2.30. The highest BCUT2D eigenvalue weighted by molar-refractivity contribution is 5.72.